The van der Waals surface area contributed by atoms with E-state index in [0.29, 0.717) is 6.04 Å². The van der Waals surface area contributed by atoms with Crippen LogP contribution in [0.5, 0.6) is 5.75 Å². The van der Waals surface area contributed by atoms with Crippen LogP contribution in [0.15, 0.2) is 18.2 Å². The molecule has 116 valence electrons. The second kappa shape index (κ2) is 5.98. The van der Waals surface area contributed by atoms with Crippen molar-refractivity contribution < 1.29 is 9.84 Å². The summed E-state index contributed by atoms with van der Waals surface area (Å²) >= 11 is 0. The van der Waals surface area contributed by atoms with E-state index in [2.05, 4.69) is 36.9 Å². The van der Waals surface area contributed by atoms with Gasteiger partial charge in [0.15, 0.2) is 0 Å². The smallest absolute Gasteiger partial charge is 0.128 e. The Morgan fingerprint density at radius 3 is 2.86 bits per heavy atom. The molecule has 3 heteroatoms. The zero-order valence-electron chi connectivity index (χ0n) is 13.3. The summed E-state index contributed by atoms with van der Waals surface area (Å²) in [4.78, 5) is 2.47. The lowest BCUT2D eigenvalue weighted by molar-refractivity contribution is 0.0171. The monoisotopic (exact) mass is 289 g/mol. The summed E-state index contributed by atoms with van der Waals surface area (Å²) in [6.45, 7) is 7.28. The molecular weight excluding hydrogens is 262 g/mol. The van der Waals surface area contributed by atoms with E-state index in [-0.39, 0.29) is 0 Å². The number of hydrogen-bond donors (Lipinski definition) is 1. The van der Waals surface area contributed by atoms with Gasteiger partial charge >= 0.3 is 0 Å². The Morgan fingerprint density at radius 2 is 2.05 bits per heavy atom. The summed E-state index contributed by atoms with van der Waals surface area (Å²) in [5, 5.41) is 11.3. The van der Waals surface area contributed by atoms with Crippen LogP contribution >= 0.6 is 0 Å². The maximum Gasteiger partial charge on any atom is 0.128 e. The zero-order valence-corrected chi connectivity index (χ0v) is 13.3. The Bertz CT molecular complexity index is 500. The van der Waals surface area contributed by atoms with Gasteiger partial charge in [0, 0.05) is 18.2 Å². The third kappa shape index (κ3) is 2.95. The quantitative estimate of drug-likeness (QED) is 0.908. The number of ether oxygens (including phenoxy) is 1. The Hall–Kier alpha value is -1.06. The van der Waals surface area contributed by atoms with Crippen LogP contribution in [0.25, 0.3) is 0 Å². The minimum atomic E-state index is -0.730. The van der Waals surface area contributed by atoms with Gasteiger partial charge in [-0.3, -0.25) is 0 Å². The van der Waals surface area contributed by atoms with Gasteiger partial charge in [0.1, 0.15) is 5.75 Å². The van der Waals surface area contributed by atoms with Crippen molar-refractivity contribution in [3.05, 3.63) is 29.3 Å². The van der Waals surface area contributed by atoms with E-state index in [1.54, 1.807) is 0 Å². The van der Waals surface area contributed by atoms with Gasteiger partial charge in [0.05, 0.1) is 12.2 Å². The third-order valence-electron chi connectivity index (χ3n) is 5.01. The fourth-order valence-electron chi connectivity index (χ4n) is 3.68. The Labute approximate surface area is 127 Å². The molecule has 3 rings (SSSR count). The molecule has 0 spiro atoms. The van der Waals surface area contributed by atoms with Crippen LogP contribution in [0.4, 0.5) is 0 Å². The van der Waals surface area contributed by atoms with Crippen LogP contribution in [-0.4, -0.2) is 35.7 Å². The molecule has 2 heterocycles. The largest absolute Gasteiger partial charge is 0.493 e. The van der Waals surface area contributed by atoms with Crippen LogP contribution in [-0.2, 0) is 12.0 Å². The first-order valence-electron chi connectivity index (χ1n) is 8.32. The number of aliphatic hydroxyl groups is 1. The molecule has 21 heavy (non-hydrogen) atoms. The van der Waals surface area contributed by atoms with Crippen molar-refractivity contribution in [3.8, 4) is 5.75 Å². The van der Waals surface area contributed by atoms with Gasteiger partial charge < -0.3 is 14.7 Å². The van der Waals surface area contributed by atoms with Crippen molar-refractivity contribution in [3.63, 3.8) is 0 Å². The van der Waals surface area contributed by atoms with Gasteiger partial charge in [0.2, 0.25) is 0 Å². The van der Waals surface area contributed by atoms with E-state index in [1.807, 2.05) is 0 Å². The number of likely N-dealkylation sites (tertiary alicyclic amines) is 1. The highest BCUT2D eigenvalue weighted by Crippen LogP contribution is 2.41. The first-order valence-corrected chi connectivity index (χ1v) is 8.32. The molecule has 0 aromatic heterocycles. The van der Waals surface area contributed by atoms with Crippen molar-refractivity contribution in [2.24, 2.45) is 0 Å². The van der Waals surface area contributed by atoms with E-state index in [1.165, 1.54) is 5.56 Å². The van der Waals surface area contributed by atoms with Gasteiger partial charge in [0.25, 0.3) is 0 Å². The van der Waals surface area contributed by atoms with E-state index >= 15 is 0 Å². The highest BCUT2D eigenvalue weighted by atomic mass is 16.5. The number of aryl methyl sites for hydroxylation is 1. The molecule has 1 atom stereocenters. The van der Waals surface area contributed by atoms with Gasteiger partial charge in [-0.2, -0.15) is 0 Å². The van der Waals surface area contributed by atoms with E-state index < -0.39 is 5.60 Å². The Kier molecular flexibility index (Phi) is 4.23. The van der Waals surface area contributed by atoms with Crippen LogP contribution in [0.3, 0.4) is 0 Å². The molecule has 1 saturated heterocycles. The Balaban J connectivity index is 1.88. The lowest BCUT2D eigenvalue weighted by Gasteiger charge is -2.32. The average molecular weight is 289 g/mol. The predicted octanol–water partition coefficient (Wildman–Crippen LogP) is 3.09. The molecule has 2 aliphatic heterocycles. The van der Waals surface area contributed by atoms with E-state index in [9.17, 15) is 5.11 Å². The average Bonchev–Trinajstić information content (AvgIpc) is 2.69. The van der Waals surface area contributed by atoms with Gasteiger partial charge in [-0.05, 0) is 58.1 Å². The zero-order chi connectivity index (χ0) is 14.9. The predicted molar refractivity (Wildman–Crippen MR) is 84.7 cm³/mol. The van der Waals surface area contributed by atoms with E-state index in [4.69, 9.17) is 4.74 Å². The van der Waals surface area contributed by atoms with Gasteiger partial charge in [-0.15, -0.1) is 0 Å². The van der Waals surface area contributed by atoms with Crippen molar-refractivity contribution in [1.29, 1.82) is 0 Å². The number of fused-ring (bicyclic) bond motifs is 1. The first-order chi connectivity index (χ1) is 10.1. The van der Waals surface area contributed by atoms with Crippen LogP contribution < -0.4 is 4.74 Å². The van der Waals surface area contributed by atoms with Crippen molar-refractivity contribution >= 4 is 0 Å². The van der Waals surface area contributed by atoms with Crippen LogP contribution in [0.2, 0.25) is 0 Å². The molecule has 1 aromatic carbocycles. The van der Waals surface area contributed by atoms with Crippen molar-refractivity contribution in [2.75, 3.05) is 19.7 Å². The third-order valence-corrected chi connectivity index (χ3v) is 5.01. The second-order valence-corrected chi connectivity index (χ2v) is 6.76. The molecule has 1 unspecified atom stereocenters. The highest BCUT2D eigenvalue weighted by Gasteiger charge is 2.36. The SMILES string of the molecule is CC(C)N1CCCC(O)(c2cccc3c2OCCC3)CC1. The fourth-order valence-corrected chi connectivity index (χ4v) is 3.68. The van der Waals surface area contributed by atoms with Gasteiger partial charge in [-0.1, -0.05) is 18.2 Å². The molecular formula is C18H27NO2. The number of para-hydroxylation sites is 1. The lowest BCUT2D eigenvalue weighted by atomic mass is 9.84. The van der Waals surface area contributed by atoms with Crippen molar-refractivity contribution in [2.45, 2.75) is 57.6 Å². The van der Waals surface area contributed by atoms with Crippen LogP contribution in [0, 0.1) is 0 Å². The molecule has 0 radical (unpaired) electrons. The fraction of sp³-hybridized carbons (Fsp3) is 0.667. The maximum absolute atomic E-state index is 11.3. The molecule has 1 aromatic rings. The number of hydrogen-bond acceptors (Lipinski definition) is 3. The molecule has 1 fully saturated rings. The van der Waals surface area contributed by atoms with Crippen molar-refractivity contribution in [1.82, 2.24) is 4.90 Å². The maximum atomic E-state index is 11.3. The molecule has 0 saturated carbocycles. The summed E-state index contributed by atoms with van der Waals surface area (Å²) in [7, 11) is 0. The first kappa shape index (κ1) is 14.9. The lowest BCUT2D eigenvalue weighted by Crippen LogP contribution is -2.33. The summed E-state index contributed by atoms with van der Waals surface area (Å²) in [5.41, 5.74) is 1.55. The molecule has 0 aliphatic carbocycles. The standard InChI is InChI=1S/C18H27NO2/c1-14(2)19-11-5-9-18(20,10-12-19)16-8-3-6-15-7-4-13-21-17(15)16/h3,6,8,14,20H,4-5,7,9-13H2,1-2H3. The molecule has 2 aliphatic rings. The normalized spacial score (nSPS) is 27.0. The summed E-state index contributed by atoms with van der Waals surface area (Å²) in [5.74, 6) is 0.962. The molecule has 0 bridgehead atoms. The Morgan fingerprint density at radius 1 is 1.19 bits per heavy atom. The molecule has 0 amide bonds. The molecule has 3 nitrogen and oxygen atoms in total. The topological polar surface area (TPSA) is 32.7 Å². The summed E-state index contributed by atoms with van der Waals surface area (Å²) in [6.07, 6.45) is 4.81. The number of nitrogens with zero attached hydrogens (tertiary/aromatic N) is 1. The summed E-state index contributed by atoms with van der Waals surface area (Å²) < 4.78 is 5.91. The number of benzene rings is 1. The van der Waals surface area contributed by atoms with Gasteiger partial charge in [-0.25, -0.2) is 0 Å². The molecule has 1 N–H and O–H groups in total. The minimum Gasteiger partial charge on any atom is -0.493 e. The minimum absolute atomic E-state index is 0.549. The second-order valence-electron chi connectivity index (χ2n) is 6.76. The summed E-state index contributed by atoms with van der Waals surface area (Å²) in [6, 6.07) is 6.83. The highest BCUT2D eigenvalue weighted by molar-refractivity contribution is 5.46. The number of rotatable bonds is 2. The van der Waals surface area contributed by atoms with E-state index in [0.717, 1.165) is 63.1 Å². The van der Waals surface area contributed by atoms with Crippen LogP contribution in [0.1, 0.15) is 50.7 Å².